The van der Waals surface area contributed by atoms with Gasteiger partial charge in [0.1, 0.15) is 0 Å². The molecule has 0 bridgehead atoms. The third kappa shape index (κ3) is 4.76. The van der Waals surface area contributed by atoms with E-state index in [2.05, 4.69) is 16.3 Å². The summed E-state index contributed by atoms with van der Waals surface area (Å²) in [4.78, 5) is 14.9. The van der Waals surface area contributed by atoms with Crippen LogP contribution in [0.2, 0.25) is 0 Å². The van der Waals surface area contributed by atoms with E-state index in [1.54, 1.807) is 0 Å². The summed E-state index contributed by atoms with van der Waals surface area (Å²) in [7, 11) is 0. The molecular weight excluding hydrogens is 336 g/mol. The van der Waals surface area contributed by atoms with E-state index < -0.39 is 6.10 Å². The van der Waals surface area contributed by atoms with E-state index in [1.807, 2.05) is 63.2 Å². The Bertz CT molecular complexity index is 767. The predicted octanol–water partition coefficient (Wildman–Crippen LogP) is 4.08. The Hall–Kier alpha value is -2.17. The van der Waals surface area contributed by atoms with Gasteiger partial charge >= 0.3 is 0 Å². The second kappa shape index (κ2) is 8.68. The highest BCUT2D eigenvalue weighted by Gasteiger charge is 2.30. The lowest BCUT2D eigenvalue weighted by Crippen LogP contribution is -2.46. The summed E-state index contributed by atoms with van der Waals surface area (Å²) in [5.74, 6) is 0.281. The minimum atomic E-state index is -0.424. The van der Waals surface area contributed by atoms with Crippen molar-refractivity contribution in [2.45, 2.75) is 45.8 Å². The lowest BCUT2D eigenvalue weighted by molar-refractivity contribution is -0.121. The summed E-state index contributed by atoms with van der Waals surface area (Å²) in [6.45, 7) is 7.66. The highest BCUT2D eigenvalue weighted by atomic mass is 16.3. The molecule has 0 spiro atoms. The number of likely N-dealkylation sites (tertiary alicyclic amines) is 1. The fourth-order valence-electron chi connectivity index (χ4n) is 3.82. The first kappa shape index (κ1) is 19.6. The first-order valence-corrected chi connectivity index (χ1v) is 9.81. The molecule has 144 valence electrons. The van der Waals surface area contributed by atoms with Crippen LogP contribution in [0.4, 0.5) is 5.69 Å². The Morgan fingerprint density at radius 1 is 1.11 bits per heavy atom. The highest BCUT2D eigenvalue weighted by Crippen LogP contribution is 2.31. The summed E-state index contributed by atoms with van der Waals surface area (Å²) in [5.41, 5.74) is 4.09. The number of aliphatic hydroxyl groups is 1. The number of anilines is 1. The monoisotopic (exact) mass is 366 g/mol. The van der Waals surface area contributed by atoms with E-state index in [0.717, 1.165) is 48.3 Å². The molecule has 27 heavy (non-hydrogen) atoms. The average Bonchev–Trinajstić information content (AvgIpc) is 2.70. The largest absolute Gasteiger partial charge is 0.388 e. The third-order valence-electron chi connectivity index (χ3n) is 5.74. The molecule has 2 aromatic rings. The van der Waals surface area contributed by atoms with Crippen molar-refractivity contribution in [3.8, 4) is 0 Å². The molecule has 4 nitrogen and oxygen atoms in total. The lowest BCUT2D eigenvalue weighted by Gasteiger charge is -2.37. The molecule has 1 fully saturated rings. The van der Waals surface area contributed by atoms with Crippen LogP contribution in [0.25, 0.3) is 0 Å². The molecule has 1 saturated heterocycles. The molecule has 0 aliphatic carbocycles. The number of carbonyl (C=O) groups is 1. The normalized spacial score (nSPS) is 18.1. The summed E-state index contributed by atoms with van der Waals surface area (Å²) >= 11 is 0. The number of carbonyl (C=O) groups excluding carboxylic acids is 1. The van der Waals surface area contributed by atoms with Gasteiger partial charge in [-0.05, 0) is 75.4 Å². The van der Waals surface area contributed by atoms with Crippen molar-refractivity contribution in [1.29, 1.82) is 0 Å². The first-order valence-electron chi connectivity index (χ1n) is 9.81. The number of hydrogen-bond acceptors (Lipinski definition) is 3. The highest BCUT2D eigenvalue weighted by molar-refractivity contribution is 5.95. The van der Waals surface area contributed by atoms with Gasteiger partial charge in [-0.3, -0.25) is 9.69 Å². The molecule has 1 heterocycles. The van der Waals surface area contributed by atoms with E-state index >= 15 is 0 Å². The number of aliphatic hydroxyl groups excluding tert-OH is 1. The maximum atomic E-state index is 12.7. The van der Waals surface area contributed by atoms with Crippen molar-refractivity contribution in [1.82, 2.24) is 4.90 Å². The zero-order valence-corrected chi connectivity index (χ0v) is 16.5. The van der Waals surface area contributed by atoms with Crippen LogP contribution < -0.4 is 5.32 Å². The van der Waals surface area contributed by atoms with Crippen molar-refractivity contribution in [2.75, 3.05) is 18.4 Å². The molecular formula is C23H30N2O2. The van der Waals surface area contributed by atoms with Crippen LogP contribution in [-0.4, -0.2) is 35.0 Å². The number of aryl methyl sites for hydroxylation is 2. The van der Waals surface area contributed by atoms with Gasteiger partial charge in [-0.15, -0.1) is 0 Å². The molecule has 1 amide bonds. The van der Waals surface area contributed by atoms with Crippen LogP contribution in [0.15, 0.2) is 48.5 Å². The maximum absolute atomic E-state index is 12.7. The van der Waals surface area contributed by atoms with Gasteiger partial charge in [0, 0.05) is 5.69 Å². The minimum absolute atomic E-state index is 0.0331. The molecule has 2 N–H and O–H groups in total. The number of hydrogen-bond donors (Lipinski definition) is 2. The summed E-state index contributed by atoms with van der Waals surface area (Å²) in [5, 5.41) is 13.7. The van der Waals surface area contributed by atoms with E-state index in [9.17, 15) is 9.90 Å². The standard InChI is InChI=1S/C23H30N2O2/c1-16-9-10-17(2)21(15-16)24-23(27)18(3)25-13-11-20(12-14-25)22(26)19-7-5-4-6-8-19/h4-10,15,18,20,22,26H,11-14H2,1-3H3,(H,24,27). The van der Waals surface area contributed by atoms with Gasteiger partial charge in [0.2, 0.25) is 5.91 Å². The second-order valence-electron chi connectivity index (χ2n) is 7.71. The summed E-state index contributed by atoms with van der Waals surface area (Å²) in [6.07, 6.45) is 1.38. The minimum Gasteiger partial charge on any atom is -0.388 e. The van der Waals surface area contributed by atoms with Crippen LogP contribution in [0.5, 0.6) is 0 Å². The quantitative estimate of drug-likeness (QED) is 0.838. The smallest absolute Gasteiger partial charge is 0.241 e. The Morgan fingerprint density at radius 2 is 1.78 bits per heavy atom. The molecule has 4 heteroatoms. The van der Waals surface area contributed by atoms with Crippen LogP contribution in [-0.2, 0) is 4.79 Å². The van der Waals surface area contributed by atoms with Crippen molar-refractivity contribution in [3.63, 3.8) is 0 Å². The van der Waals surface area contributed by atoms with Gasteiger partial charge < -0.3 is 10.4 Å². The average molecular weight is 367 g/mol. The number of nitrogens with one attached hydrogen (secondary N) is 1. The fraction of sp³-hybridized carbons (Fsp3) is 0.435. The summed E-state index contributed by atoms with van der Waals surface area (Å²) in [6, 6.07) is 15.8. The molecule has 1 aliphatic heterocycles. The van der Waals surface area contributed by atoms with E-state index in [1.165, 1.54) is 0 Å². The lowest BCUT2D eigenvalue weighted by atomic mass is 9.87. The zero-order chi connectivity index (χ0) is 19.4. The summed E-state index contributed by atoms with van der Waals surface area (Å²) < 4.78 is 0. The molecule has 1 aliphatic rings. The van der Waals surface area contributed by atoms with E-state index in [-0.39, 0.29) is 17.9 Å². The fourth-order valence-corrected chi connectivity index (χ4v) is 3.82. The van der Waals surface area contributed by atoms with Crippen molar-refractivity contribution < 1.29 is 9.90 Å². The van der Waals surface area contributed by atoms with Gasteiger partial charge in [0.15, 0.2) is 0 Å². The molecule has 3 rings (SSSR count). The number of benzene rings is 2. The Kier molecular flexibility index (Phi) is 6.30. The van der Waals surface area contributed by atoms with Crippen molar-refractivity contribution in [2.24, 2.45) is 5.92 Å². The second-order valence-corrected chi connectivity index (χ2v) is 7.71. The number of rotatable bonds is 5. The van der Waals surface area contributed by atoms with Crippen molar-refractivity contribution >= 4 is 11.6 Å². The molecule has 0 saturated carbocycles. The number of amides is 1. The molecule has 0 radical (unpaired) electrons. The SMILES string of the molecule is Cc1ccc(C)c(NC(=O)C(C)N2CCC(C(O)c3ccccc3)CC2)c1. The molecule has 2 aromatic carbocycles. The number of piperidine rings is 1. The maximum Gasteiger partial charge on any atom is 0.241 e. The van der Waals surface area contributed by atoms with Gasteiger partial charge in [-0.1, -0.05) is 42.5 Å². The van der Waals surface area contributed by atoms with Gasteiger partial charge in [-0.2, -0.15) is 0 Å². The van der Waals surface area contributed by atoms with Crippen LogP contribution in [0.1, 0.15) is 42.6 Å². The Morgan fingerprint density at radius 3 is 2.44 bits per heavy atom. The van der Waals surface area contributed by atoms with Crippen LogP contribution in [0.3, 0.4) is 0 Å². The topological polar surface area (TPSA) is 52.6 Å². The zero-order valence-electron chi connectivity index (χ0n) is 16.5. The molecule has 2 atom stereocenters. The first-order chi connectivity index (χ1) is 13.0. The third-order valence-corrected chi connectivity index (χ3v) is 5.74. The Labute approximate surface area is 162 Å². The van der Waals surface area contributed by atoms with Crippen LogP contribution in [0, 0.1) is 19.8 Å². The van der Waals surface area contributed by atoms with Gasteiger partial charge in [0.25, 0.3) is 0 Å². The van der Waals surface area contributed by atoms with Gasteiger partial charge in [-0.25, -0.2) is 0 Å². The van der Waals surface area contributed by atoms with Crippen molar-refractivity contribution in [3.05, 3.63) is 65.2 Å². The predicted molar refractivity (Wildman–Crippen MR) is 110 cm³/mol. The van der Waals surface area contributed by atoms with E-state index in [4.69, 9.17) is 0 Å². The Balaban J connectivity index is 1.55. The molecule has 0 aromatic heterocycles. The van der Waals surface area contributed by atoms with Crippen LogP contribution >= 0.6 is 0 Å². The van der Waals surface area contributed by atoms with Gasteiger partial charge in [0.05, 0.1) is 12.1 Å². The number of nitrogens with zero attached hydrogens (tertiary/aromatic N) is 1. The molecule has 2 unspecified atom stereocenters. The van der Waals surface area contributed by atoms with E-state index in [0.29, 0.717) is 0 Å².